The Kier molecular flexibility index (Phi) is 6.33. The fourth-order valence-corrected chi connectivity index (χ4v) is 4.25. The summed E-state index contributed by atoms with van der Waals surface area (Å²) in [7, 11) is 3.35. The van der Waals surface area contributed by atoms with Gasteiger partial charge in [0.25, 0.3) is 5.56 Å². The smallest absolute Gasteiger partial charge is 0.387 e. The molecule has 0 radical (unpaired) electrons. The molecule has 0 unspecified atom stereocenters. The summed E-state index contributed by atoms with van der Waals surface area (Å²) in [6.45, 7) is -2.89. The number of halogens is 2. The van der Waals surface area contributed by atoms with E-state index in [4.69, 9.17) is 0 Å². The summed E-state index contributed by atoms with van der Waals surface area (Å²) >= 11 is 0. The van der Waals surface area contributed by atoms with Crippen LogP contribution in [-0.2, 0) is 11.3 Å². The predicted octanol–water partition coefficient (Wildman–Crippen LogP) is 3.46. The van der Waals surface area contributed by atoms with Crippen molar-refractivity contribution in [3.05, 3.63) is 65.2 Å². The Morgan fingerprint density at radius 1 is 1.12 bits per heavy atom. The number of likely N-dealkylation sites (N-methyl/N-ethyl adjacent to an activating group) is 1. The lowest BCUT2D eigenvalue weighted by Crippen LogP contribution is -2.26. The third-order valence-corrected chi connectivity index (χ3v) is 6.45. The maximum atomic E-state index is 14.0. The van der Waals surface area contributed by atoms with Crippen LogP contribution in [0.3, 0.4) is 0 Å². The number of anilines is 1. The molecule has 11 nitrogen and oxygen atoms in total. The van der Waals surface area contributed by atoms with E-state index in [-0.39, 0.29) is 35.6 Å². The molecule has 0 saturated heterocycles. The number of hydrogen-bond acceptors (Lipinski definition) is 8. The zero-order valence-corrected chi connectivity index (χ0v) is 21.6. The molecule has 1 fully saturated rings. The van der Waals surface area contributed by atoms with Gasteiger partial charge in [0, 0.05) is 37.3 Å². The molecule has 6 rings (SSSR count). The number of carbonyl (C=O) groups excluding carboxylic acids is 1. The summed E-state index contributed by atoms with van der Waals surface area (Å²) in [6, 6.07) is 11.3. The quantitative estimate of drug-likeness (QED) is 0.314. The van der Waals surface area contributed by atoms with Crippen molar-refractivity contribution in [3.8, 4) is 22.7 Å². The molecule has 0 bridgehead atoms. The number of alkyl halides is 2. The Balaban J connectivity index is 1.47. The molecule has 3 heterocycles. The van der Waals surface area contributed by atoms with E-state index >= 15 is 0 Å². The summed E-state index contributed by atoms with van der Waals surface area (Å²) in [5.41, 5.74) is 1.91. The molecule has 5 aromatic rings. The molecule has 1 amide bonds. The minimum Gasteiger partial charge on any atom is -0.435 e. The van der Waals surface area contributed by atoms with Gasteiger partial charge in [0.05, 0.1) is 17.4 Å². The van der Waals surface area contributed by atoms with Crippen molar-refractivity contribution in [2.24, 2.45) is 0 Å². The van der Waals surface area contributed by atoms with E-state index in [1.165, 1.54) is 33.7 Å². The Labute approximate surface area is 226 Å². The molecule has 204 valence electrons. The van der Waals surface area contributed by atoms with Crippen molar-refractivity contribution in [1.82, 2.24) is 34.2 Å². The van der Waals surface area contributed by atoms with Crippen molar-refractivity contribution in [3.63, 3.8) is 0 Å². The van der Waals surface area contributed by atoms with E-state index in [1.54, 1.807) is 49.4 Å². The average molecular weight is 547 g/mol. The minimum atomic E-state index is -2.97. The number of amides is 1. The second kappa shape index (κ2) is 9.98. The third kappa shape index (κ3) is 5.05. The van der Waals surface area contributed by atoms with E-state index in [2.05, 4.69) is 30.1 Å². The van der Waals surface area contributed by atoms with Crippen molar-refractivity contribution >= 4 is 33.9 Å². The van der Waals surface area contributed by atoms with Crippen LogP contribution >= 0.6 is 0 Å². The van der Waals surface area contributed by atoms with Gasteiger partial charge in [0.2, 0.25) is 11.9 Å². The van der Waals surface area contributed by atoms with Crippen molar-refractivity contribution in [2.45, 2.75) is 32.0 Å². The molecule has 2 aromatic carbocycles. The van der Waals surface area contributed by atoms with Crippen LogP contribution in [0, 0.1) is 0 Å². The summed E-state index contributed by atoms with van der Waals surface area (Å²) in [4.78, 5) is 41.1. The Morgan fingerprint density at radius 2 is 1.90 bits per heavy atom. The molecule has 1 N–H and O–H groups in total. The molecule has 13 heteroatoms. The van der Waals surface area contributed by atoms with Crippen molar-refractivity contribution in [2.75, 3.05) is 19.4 Å². The highest BCUT2D eigenvalue weighted by molar-refractivity contribution is 5.85. The van der Waals surface area contributed by atoms with Gasteiger partial charge in [-0.05, 0) is 49.2 Å². The number of ether oxygens (including phenoxy) is 1. The van der Waals surface area contributed by atoms with Crippen LogP contribution < -0.4 is 15.6 Å². The molecule has 1 aliphatic rings. The molecule has 1 aliphatic carbocycles. The van der Waals surface area contributed by atoms with Crippen molar-refractivity contribution < 1.29 is 18.3 Å². The average Bonchev–Trinajstić information content (AvgIpc) is 3.64. The van der Waals surface area contributed by atoms with Crippen LogP contribution in [0.15, 0.2) is 59.7 Å². The lowest BCUT2D eigenvalue weighted by molar-refractivity contribution is -0.129. The first-order chi connectivity index (χ1) is 19.2. The number of fused-ring (bicyclic) bond motifs is 2. The maximum absolute atomic E-state index is 14.0. The van der Waals surface area contributed by atoms with Crippen LogP contribution in [0.2, 0.25) is 0 Å². The van der Waals surface area contributed by atoms with Crippen LogP contribution in [0.1, 0.15) is 12.8 Å². The second-order valence-corrected chi connectivity index (χ2v) is 9.68. The monoisotopic (exact) mass is 546 g/mol. The molecule has 0 atom stereocenters. The van der Waals surface area contributed by atoms with Gasteiger partial charge in [0.15, 0.2) is 5.65 Å². The number of hydrogen-bond donors (Lipinski definition) is 1. The maximum Gasteiger partial charge on any atom is 0.387 e. The van der Waals surface area contributed by atoms with Crippen LogP contribution in [0.25, 0.3) is 39.0 Å². The molecular weight excluding hydrogens is 522 g/mol. The first-order valence-corrected chi connectivity index (χ1v) is 12.5. The summed E-state index contributed by atoms with van der Waals surface area (Å²) in [5.74, 6) is 0.232. The van der Waals surface area contributed by atoms with E-state index in [1.807, 2.05) is 0 Å². The standard InChI is InChI=1S/C27H24F2N8O3/c1-35(2)22(38)14-36-13-16-11-15(3-10-20(16)34-36)23-25(39)37(18-6-8-19(9-7-18)40-26(28)29)24-21(32-23)12-30-27(33-24)31-17-4-5-17/h3,6-13,17,26H,4-5,14H2,1-2H3,(H,30,31,33). The van der Waals surface area contributed by atoms with Crippen LogP contribution in [0.5, 0.6) is 5.75 Å². The highest BCUT2D eigenvalue weighted by Gasteiger charge is 2.23. The van der Waals surface area contributed by atoms with Crippen LogP contribution in [0.4, 0.5) is 14.7 Å². The fourth-order valence-electron chi connectivity index (χ4n) is 4.25. The third-order valence-electron chi connectivity index (χ3n) is 6.45. The zero-order valence-electron chi connectivity index (χ0n) is 21.6. The van der Waals surface area contributed by atoms with Gasteiger partial charge in [-0.3, -0.25) is 18.8 Å². The Hall–Kier alpha value is -4.94. The topological polar surface area (TPSA) is 120 Å². The summed E-state index contributed by atoms with van der Waals surface area (Å²) in [5, 5.41) is 8.40. The number of rotatable bonds is 8. The lowest BCUT2D eigenvalue weighted by atomic mass is 10.1. The van der Waals surface area contributed by atoms with Gasteiger partial charge < -0.3 is 15.0 Å². The normalized spacial score (nSPS) is 13.2. The lowest BCUT2D eigenvalue weighted by Gasteiger charge is -2.13. The minimum absolute atomic E-state index is 0.0358. The number of benzene rings is 2. The Bertz CT molecular complexity index is 1800. The highest BCUT2D eigenvalue weighted by Crippen LogP contribution is 2.26. The fraction of sp³-hybridized carbons (Fsp3) is 0.259. The van der Waals surface area contributed by atoms with Crippen molar-refractivity contribution in [1.29, 1.82) is 0 Å². The van der Waals surface area contributed by atoms with Crippen LogP contribution in [-0.4, -0.2) is 66.9 Å². The first-order valence-electron chi connectivity index (χ1n) is 12.5. The first kappa shape index (κ1) is 25.3. The van der Waals surface area contributed by atoms with Gasteiger partial charge in [0.1, 0.15) is 23.5 Å². The SMILES string of the molecule is CN(C)C(=O)Cn1cc2cc(-c3nc4cnc(NC5CC5)nc4n(-c4ccc(OC(F)F)cc4)c3=O)ccc2n1. The molecule has 0 aliphatic heterocycles. The largest absolute Gasteiger partial charge is 0.435 e. The highest BCUT2D eigenvalue weighted by atomic mass is 19.3. The molecule has 3 aromatic heterocycles. The summed E-state index contributed by atoms with van der Waals surface area (Å²) < 4.78 is 32.8. The van der Waals surface area contributed by atoms with E-state index in [9.17, 15) is 18.4 Å². The predicted molar refractivity (Wildman–Crippen MR) is 144 cm³/mol. The second-order valence-electron chi connectivity index (χ2n) is 9.68. The van der Waals surface area contributed by atoms with Gasteiger partial charge in [-0.15, -0.1) is 0 Å². The van der Waals surface area contributed by atoms with Gasteiger partial charge >= 0.3 is 6.61 Å². The number of nitrogens with zero attached hydrogens (tertiary/aromatic N) is 7. The van der Waals surface area contributed by atoms with E-state index < -0.39 is 12.2 Å². The molecule has 0 spiro atoms. The molecule has 1 saturated carbocycles. The number of carbonyl (C=O) groups is 1. The molecule has 40 heavy (non-hydrogen) atoms. The Morgan fingerprint density at radius 3 is 2.60 bits per heavy atom. The number of nitrogens with one attached hydrogen (secondary N) is 1. The van der Waals surface area contributed by atoms with E-state index in [0.717, 1.165) is 18.2 Å². The zero-order chi connectivity index (χ0) is 28.0. The number of aromatic nitrogens is 6. The van der Waals surface area contributed by atoms with Gasteiger partial charge in [-0.2, -0.15) is 18.9 Å². The van der Waals surface area contributed by atoms with Gasteiger partial charge in [-0.25, -0.2) is 9.97 Å². The summed E-state index contributed by atoms with van der Waals surface area (Å²) in [6.07, 6.45) is 5.31. The van der Waals surface area contributed by atoms with E-state index in [0.29, 0.717) is 28.2 Å². The van der Waals surface area contributed by atoms with Gasteiger partial charge in [-0.1, -0.05) is 6.07 Å². The molecular formula is C27H24F2N8O3.